The van der Waals surface area contributed by atoms with Gasteiger partial charge in [-0.05, 0) is 42.5 Å². The van der Waals surface area contributed by atoms with Gasteiger partial charge in [-0.15, -0.1) is 0 Å². The van der Waals surface area contributed by atoms with E-state index in [2.05, 4.69) is 10.2 Å². The summed E-state index contributed by atoms with van der Waals surface area (Å²) in [6.07, 6.45) is 0. The number of anilines is 2. The Hall–Kier alpha value is -3.22. The molecule has 8 heteroatoms. The molecule has 4 rings (SSSR count). The van der Waals surface area contributed by atoms with Crippen molar-refractivity contribution in [2.45, 2.75) is 6.04 Å². The zero-order valence-electron chi connectivity index (χ0n) is 14.9. The van der Waals surface area contributed by atoms with Gasteiger partial charge in [0.15, 0.2) is 0 Å². The lowest BCUT2D eigenvalue weighted by molar-refractivity contribution is -0.123. The third kappa shape index (κ3) is 3.72. The lowest BCUT2D eigenvalue weighted by Crippen LogP contribution is -2.41. The van der Waals surface area contributed by atoms with Crippen LogP contribution in [-0.4, -0.2) is 17.9 Å². The number of para-hydroxylation sites is 2. The summed E-state index contributed by atoms with van der Waals surface area (Å²) in [6.45, 7) is 0. The van der Waals surface area contributed by atoms with Crippen molar-refractivity contribution >= 4 is 52.1 Å². The van der Waals surface area contributed by atoms with E-state index in [1.54, 1.807) is 60.7 Å². The average molecular weight is 425 g/mol. The van der Waals surface area contributed by atoms with Crippen molar-refractivity contribution in [3.05, 3.63) is 88.9 Å². The SMILES string of the molecule is O=C1C(N=Nc2ccc(Cl)cc2Cl)C(=O)N(c2ccccc2)N1c1ccccc1. The molecule has 0 N–H and O–H groups in total. The predicted molar refractivity (Wildman–Crippen MR) is 113 cm³/mol. The minimum Gasteiger partial charge on any atom is -0.269 e. The van der Waals surface area contributed by atoms with Crippen LogP contribution in [0.15, 0.2) is 89.1 Å². The van der Waals surface area contributed by atoms with Crippen LogP contribution in [0.3, 0.4) is 0 Å². The van der Waals surface area contributed by atoms with Crippen LogP contribution in [0.1, 0.15) is 0 Å². The first-order valence-electron chi connectivity index (χ1n) is 8.70. The molecule has 6 nitrogen and oxygen atoms in total. The van der Waals surface area contributed by atoms with E-state index in [1.165, 1.54) is 16.1 Å². The average Bonchev–Trinajstić information content (AvgIpc) is 2.99. The third-order valence-corrected chi connectivity index (χ3v) is 4.82. The number of benzene rings is 3. The predicted octanol–water partition coefficient (Wildman–Crippen LogP) is 5.44. The molecule has 3 aromatic carbocycles. The van der Waals surface area contributed by atoms with Gasteiger partial charge in [-0.2, -0.15) is 10.2 Å². The fourth-order valence-corrected chi connectivity index (χ4v) is 3.39. The van der Waals surface area contributed by atoms with E-state index in [1.807, 2.05) is 12.1 Å². The fraction of sp³-hybridized carbons (Fsp3) is 0.0476. The lowest BCUT2D eigenvalue weighted by Gasteiger charge is -2.27. The topological polar surface area (TPSA) is 65.3 Å². The monoisotopic (exact) mass is 424 g/mol. The molecule has 0 atom stereocenters. The van der Waals surface area contributed by atoms with Gasteiger partial charge >= 0.3 is 0 Å². The molecule has 0 aromatic heterocycles. The summed E-state index contributed by atoms with van der Waals surface area (Å²) in [4.78, 5) is 26.2. The Morgan fingerprint density at radius 3 is 1.72 bits per heavy atom. The molecule has 1 aliphatic rings. The molecule has 0 bridgehead atoms. The molecule has 1 aliphatic heterocycles. The van der Waals surface area contributed by atoms with E-state index in [9.17, 15) is 9.59 Å². The molecular formula is C21H14Cl2N4O2. The van der Waals surface area contributed by atoms with E-state index in [-0.39, 0.29) is 5.02 Å². The number of amides is 2. The van der Waals surface area contributed by atoms with E-state index in [4.69, 9.17) is 23.2 Å². The summed E-state index contributed by atoms with van der Waals surface area (Å²) in [5.74, 6) is -1.00. The second kappa shape index (κ2) is 8.03. The van der Waals surface area contributed by atoms with Crippen LogP contribution in [0, 0.1) is 0 Å². The first kappa shape index (κ1) is 19.1. The van der Waals surface area contributed by atoms with Crippen molar-refractivity contribution in [1.29, 1.82) is 0 Å². The summed E-state index contributed by atoms with van der Waals surface area (Å²) in [5, 5.41) is 11.4. The molecule has 1 heterocycles. The zero-order valence-corrected chi connectivity index (χ0v) is 16.5. The molecule has 3 aromatic rings. The van der Waals surface area contributed by atoms with Crippen molar-refractivity contribution in [3.63, 3.8) is 0 Å². The van der Waals surface area contributed by atoms with Crippen LogP contribution in [0.5, 0.6) is 0 Å². The highest BCUT2D eigenvalue weighted by molar-refractivity contribution is 6.36. The Labute approximate surface area is 177 Å². The van der Waals surface area contributed by atoms with Crippen molar-refractivity contribution in [3.8, 4) is 0 Å². The number of hydrogen-bond acceptors (Lipinski definition) is 4. The van der Waals surface area contributed by atoms with Gasteiger partial charge in [0.25, 0.3) is 11.8 Å². The number of rotatable bonds is 4. The number of azo groups is 1. The second-order valence-electron chi connectivity index (χ2n) is 6.18. The van der Waals surface area contributed by atoms with Gasteiger partial charge in [0, 0.05) is 5.02 Å². The summed E-state index contributed by atoms with van der Waals surface area (Å²) in [7, 11) is 0. The van der Waals surface area contributed by atoms with Crippen LogP contribution >= 0.6 is 23.2 Å². The normalized spacial score (nSPS) is 15.0. The maximum Gasteiger partial charge on any atom is 0.282 e. The minimum atomic E-state index is -1.32. The minimum absolute atomic E-state index is 0.277. The van der Waals surface area contributed by atoms with Crippen LogP contribution in [-0.2, 0) is 9.59 Å². The zero-order chi connectivity index (χ0) is 20.4. The molecule has 0 radical (unpaired) electrons. The van der Waals surface area contributed by atoms with Gasteiger partial charge in [-0.3, -0.25) is 9.59 Å². The molecule has 1 fully saturated rings. The highest BCUT2D eigenvalue weighted by Gasteiger charge is 2.47. The van der Waals surface area contributed by atoms with Crippen LogP contribution in [0.4, 0.5) is 17.1 Å². The van der Waals surface area contributed by atoms with Crippen LogP contribution in [0.2, 0.25) is 10.0 Å². The number of halogens is 2. The quantitative estimate of drug-likeness (QED) is 0.413. The Bertz CT molecular complexity index is 1030. The van der Waals surface area contributed by atoms with E-state index >= 15 is 0 Å². The van der Waals surface area contributed by atoms with Gasteiger partial charge < -0.3 is 0 Å². The third-order valence-electron chi connectivity index (χ3n) is 4.28. The Morgan fingerprint density at radius 1 is 0.724 bits per heavy atom. The fourth-order valence-electron chi connectivity index (χ4n) is 2.94. The molecule has 29 heavy (non-hydrogen) atoms. The number of hydrazine groups is 1. The number of nitrogens with zero attached hydrogens (tertiary/aromatic N) is 4. The smallest absolute Gasteiger partial charge is 0.269 e. The molecule has 144 valence electrons. The van der Waals surface area contributed by atoms with Gasteiger partial charge in [0.2, 0.25) is 6.04 Å². The highest BCUT2D eigenvalue weighted by atomic mass is 35.5. The Morgan fingerprint density at radius 2 is 1.24 bits per heavy atom. The number of carbonyl (C=O) groups is 2. The maximum absolute atomic E-state index is 13.1. The molecule has 0 unspecified atom stereocenters. The molecule has 0 aliphatic carbocycles. The molecule has 0 saturated carbocycles. The lowest BCUT2D eigenvalue weighted by atomic mass is 10.2. The second-order valence-corrected chi connectivity index (χ2v) is 7.03. The summed E-state index contributed by atoms with van der Waals surface area (Å²) >= 11 is 12.0. The standard InChI is InChI=1S/C21H14Cl2N4O2/c22-14-11-12-18(17(23)13-14)24-25-19-20(28)26(15-7-3-1-4-8-15)27(21(19)29)16-9-5-2-6-10-16/h1-13,19H. The summed E-state index contributed by atoms with van der Waals surface area (Å²) in [6, 6.07) is 21.2. The Kier molecular flexibility index (Phi) is 5.29. The molecule has 0 spiro atoms. The van der Waals surface area contributed by atoms with E-state index in [0.717, 1.165) is 0 Å². The molecule has 2 amide bonds. The van der Waals surface area contributed by atoms with Crippen LogP contribution in [0.25, 0.3) is 0 Å². The van der Waals surface area contributed by atoms with Gasteiger partial charge in [0.05, 0.1) is 16.4 Å². The highest BCUT2D eigenvalue weighted by Crippen LogP contribution is 2.32. The van der Waals surface area contributed by atoms with Crippen molar-refractivity contribution in [2.75, 3.05) is 10.0 Å². The first-order valence-corrected chi connectivity index (χ1v) is 9.46. The van der Waals surface area contributed by atoms with Gasteiger partial charge in [-0.25, -0.2) is 10.0 Å². The van der Waals surface area contributed by atoms with Crippen LogP contribution < -0.4 is 10.0 Å². The summed E-state index contributed by atoms with van der Waals surface area (Å²) in [5.41, 5.74) is 1.43. The largest absolute Gasteiger partial charge is 0.282 e. The van der Waals surface area contributed by atoms with E-state index in [0.29, 0.717) is 22.1 Å². The van der Waals surface area contributed by atoms with Crippen molar-refractivity contribution in [1.82, 2.24) is 0 Å². The maximum atomic E-state index is 13.1. The van der Waals surface area contributed by atoms with E-state index < -0.39 is 17.9 Å². The number of carbonyl (C=O) groups excluding carboxylic acids is 2. The summed E-state index contributed by atoms with van der Waals surface area (Å²) < 4.78 is 0. The van der Waals surface area contributed by atoms with Gasteiger partial charge in [0.1, 0.15) is 5.69 Å². The van der Waals surface area contributed by atoms with Crippen molar-refractivity contribution < 1.29 is 9.59 Å². The van der Waals surface area contributed by atoms with Crippen molar-refractivity contribution in [2.24, 2.45) is 10.2 Å². The first-order chi connectivity index (χ1) is 14.1. The molecule has 1 saturated heterocycles. The van der Waals surface area contributed by atoms with Gasteiger partial charge in [-0.1, -0.05) is 59.6 Å². The number of hydrogen-bond donors (Lipinski definition) is 0. The molecular weight excluding hydrogens is 411 g/mol. The Balaban J connectivity index is 1.73.